The van der Waals surface area contributed by atoms with Gasteiger partial charge in [0.25, 0.3) is 5.69 Å². The number of carbonyl (C=O) groups is 1. The van der Waals surface area contributed by atoms with E-state index in [-0.39, 0.29) is 11.6 Å². The van der Waals surface area contributed by atoms with E-state index < -0.39 is 4.92 Å². The SMILES string of the molecule is CNC(=O)CCNCc1cc(Br)ccc1[N+](=O)[O-]. The van der Waals surface area contributed by atoms with E-state index in [0.717, 1.165) is 4.47 Å². The van der Waals surface area contributed by atoms with Crippen LogP contribution in [0.3, 0.4) is 0 Å². The smallest absolute Gasteiger partial charge is 0.273 e. The third kappa shape index (κ3) is 4.42. The summed E-state index contributed by atoms with van der Waals surface area (Å²) in [6.07, 6.45) is 0.346. The van der Waals surface area contributed by atoms with Gasteiger partial charge in [0.05, 0.1) is 4.92 Å². The number of amides is 1. The van der Waals surface area contributed by atoms with E-state index in [4.69, 9.17) is 0 Å². The van der Waals surface area contributed by atoms with Gasteiger partial charge in [-0.15, -0.1) is 0 Å². The second-order valence-corrected chi connectivity index (χ2v) is 4.55. The van der Waals surface area contributed by atoms with E-state index in [0.29, 0.717) is 25.1 Å². The fraction of sp³-hybridized carbons (Fsp3) is 0.364. The zero-order chi connectivity index (χ0) is 13.5. The fourth-order valence-electron chi connectivity index (χ4n) is 1.42. The molecule has 7 heteroatoms. The number of rotatable bonds is 6. The lowest BCUT2D eigenvalue weighted by atomic mass is 10.2. The molecule has 0 aliphatic heterocycles. The van der Waals surface area contributed by atoms with E-state index in [1.165, 1.54) is 6.07 Å². The summed E-state index contributed by atoms with van der Waals surface area (Å²) in [4.78, 5) is 21.4. The van der Waals surface area contributed by atoms with Gasteiger partial charge in [-0.2, -0.15) is 0 Å². The molecule has 0 saturated carbocycles. The summed E-state index contributed by atoms with van der Waals surface area (Å²) in [6.45, 7) is 0.829. The Hall–Kier alpha value is -1.47. The van der Waals surface area contributed by atoms with Crippen LogP contribution in [0.4, 0.5) is 5.69 Å². The van der Waals surface area contributed by atoms with E-state index in [1.54, 1.807) is 19.2 Å². The molecule has 0 bridgehead atoms. The Morgan fingerprint density at radius 1 is 1.50 bits per heavy atom. The molecule has 0 radical (unpaired) electrons. The minimum Gasteiger partial charge on any atom is -0.359 e. The molecule has 0 saturated heterocycles. The average molecular weight is 316 g/mol. The van der Waals surface area contributed by atoms with Crippen LogP contribution < -0.4 is 10.6 Å². The molecule has 0 unspecified atom stereocenters. The minimum absolute atomic E-state index is 0.0637. The molecule has 1 amide bonds. The maximum atomic E-state index is 11.0. The van der Waals surface area contributed by atoms with Gasteiger partial charge in [-0.25, -0.2) is 0 Å². The van der Waals surface area contributed by atoms with Crippen LogP contribution in [0.2, 0.25) is 0 Å². The van der Waals surface area contributed by atoms with Gasteiger partial charge in [0, 0.05) is 42.7 Å². The zero-order valence-electron chi connectivity index (χ0n) is 9.90. The van der Waals surface area contributed by atoms with Gasteiger partial charge in [-0.05, 0) is 12.1 Å². The van der Waals surface area contributed by atoms with Gasteiger partial charge in [0.15, 0.2) is 0 Å². The Morgan fingerprint density at radius 2 is 2.22 bits per heavy atom. The van der Waals surface area contributed by atoms with Crippen LogP contribution in [-0.2, 0) is 11.3 Å². The molecule has 1 rings (SSSR count). The fourth-order valence-corrected chi connectivity index (χ4v) is 1.83. The molecule has 0 spiro atoms. The Balaban J connectivity index is 2.58. The largest absolute Gasteiger partial charge is 0.359 e. The molecule has 0 fully saturated rings. The van der Waals surface area contributed by atoms with Crippen molar-refractivity contribution in [1.82, 2.24) is 10.6 Å². The molecule has 1 aromatic carbocycles. The maximum absolute atomic E-state index is 11.0. The number of hydrogen-bond acceptors (Lipinski definition) is 4. The first kappa shape index (κ1) is 14.6. The van der Waals surface area contributed by atoms with Gasteiger partial charge in [0.2, 0.25) is 5.91 Å². The molecule has 2 N–H and O–H groups in total. The molecule has 6 nitrogen and oxygen atoms in total. The number of carbonyl (C=O) groups excluding carboxylic acids is 1. The lowest BCUT2D eigenvalue weighted by Crippen LogP contribution is -2.24. The predicted octanol–water partition coefficient (Wildman–Crippen LogP) is 1.58. The molecule has 98 valence electrons. The number of nitrogens with zero attached hydrogens (tertiary/aromatic N) is 1. The Morgan fingerprint density at radius 3 is 2.83 bits per heavy atom. The number of nitrogens with one attached hydrogen (secondary N) is 2. The van der Waals surface area contributed by atoms with Gasteiger partial charge in [-0.3, -0.25) is 14.9 Å². The van der Waals surface area contributed by atoms with Crippen LogP contribution in [0.25, 0.3) is 0 Å². The molecule has 0 aromatic heterocycles. The molecule has 0 aliphatic rings. The Labute approximate surface area is 113 Å². The van der Waals surface area contributed by atoms with Crippen LogP contribution >= 0.6 is 15.9 Å². The van der Waals surface area contributed by atoms with Gasteiger partial charge >= 0.3 is 0 Å². The van der Waals surface area contributed by atoms with Crippen molar-refractivity contribution in [3.05, 3.63) is 38.3 Å². The molecule has 18 heavy (non-hydrogen) atoms. The monoisotopic (exact) mass is 315 g/mol. The van der Waals surface area contributed by atoms with E-state index in [9.17, 15) is 14.9 Å². The highest BCUT2D eigenvalue weighted by atomic mass is 79.9. The normalized spacial score (nSPS) is 10.1. The summed E-state index contributed by atoms with van der Waals surface area (Å²) >= 11 is 3.27. The number of hydrogen-bond donors (Lipinski definition) is 2. The average Bonchev–Trinajstić information content (AvgIpc) is 2.34. The van der Waals surface area contributed by atoms with Crippen molar-refractivity contribution in [1.29, 1.82) is 0 Å². The van der Waals surface area contributed by atoms with E-state index >= 15 is 0 Å². The predicted molar refractivity (Wildman–Crippen MR) is 71.2 cm³/mol. The Kier molecular flexibility index (Phi) is 5.73. The van der Waals surface area contributed by atoms with Crippen molar-refractivity contribution in [2.24, 2.45) is 0 Å². The third-order valence-corrected chi connectivity index (χ3v) is 2.85. The molecule has 0 heterocycles. The van der Waals surface area contributed by atoms with Crippen molar-refractivity contribution < 1.29 is 9.72 Å². The molecular formula is C11H14BrN3O3. The number of halogens is 1. The van der Waals surface area contributed by atoms with Gasteiger partial charge in [0.1, 0.15) is 0 Å². The lowest BCUT2D eigenvalue weighted by molar-refractivity contribution is -0.385. The summed E-state index contributed by atoms with van der Waals surface area (Å²) in [5.41, 5.74) is 0.664. The molecular weight excluding hydrogens is 302 g/mol. The summed E-state index contributed by atoms with van der Waals surface area (Å²) in [5, 5.41) is 16.3. The second kappa shape index (κ2) is 7.07. The highest BCUT2D eigenvalue weighted by Crippen LogP contribution is 2.22. The summed E-state index contributed by atoms with van der Waals surface area (Å²) in [5.74, 6) is -0.0637. The lowest BCUT2D eigenvalue weighted by Gasteiger charge is -2.06. The van der Waals surface area contributed by atoms with Crippen LogP contribution in [-0.4, -0.2) is 24.4 Å². The van der Waals surface area contributed by atoms with Gasteiger partial charge < -0.3 is 10.6 Å². The zero-order valence-corrected chi connectivity index (χ0v) is 11.5. The number of nitro groups is 1. The van der Waals surface area contributed by atoms with Crippen molar-refractivity contribution >= 4 is 27.5 Å². The number of nitro benzene ring substituents is 1. The highest BCUT2D eigenvalue weighted by Gasteiger charge is 2.13. The van der Waals surface area contributed by atoms with E-state index in [1.807, 2.05) is 0 Å². The second-order valence-electron chi connectivity index (χ2n) is 3.63. The van der Waals surface area contributed by atoms with Crippen molar-refractivity contribution in [2.75, 3.05) is 13.6 Å². The Bertz CT molecular complexity index is 451. The van der Waals surface area contributed by atoms with Crippen LogP contribution in [0, 0.1) is 10.1 Å². The first-order valence-corrected chi connectivity index (χ1v) is 6.18. The van der Waals surface area contributed by atoms with Crippen LogP contribution in [0.1, 0.15) is 12.0 Å². The summed E-state index contributed by atoms with van der Waals surface area (Å²) < 4.78 is 0.788. The van der Waals surface area contributed by atoms with Crippen LogP contribution in [0.15, 0.2) is 22.7 Å². The minimum atomic E-state index is -0.414. The summed E-state index contributed by atoms with van der Waals surface area (Å²) in [6, 6.07) is 4.79. The van der Waals surface area contributed by atoms with Crippen molar-refractivity contribution in [3.63, 3.8) is 0 Å². The quantitative estimate of drug-likeness (QED) is 0.474. The molecule has 0 atom stereocenters. The van der Waals surface area contributed by atoms with Crippen LogP contribution in [0.5, 0.6) is 0 Å². The number of benzene rings is 1. The summed E-state index contributed by atoms with van der Waals surface area (Å²) in [7, 11) is 1.57. The topological polar surface area (TPSA) is 84.3 Å². The van der Waals surface area contributed by atoms with Crippen molar-refractivity contribution in [2.45, 2.75) is 13.0 Å². The maximum Gasteiger partial charge on any atom is 0.273 e. The first-order chi connectivity index (χ1) is 8.54. The first-order valence-electron chi connectivity index (χ1n) is 5.38. The van der Waals surface area contributed by atoms with Gasteiger partial charge in [-0.1, -0.05) is 15.9 Å². The van der Waals surface area contributed by atoms with E-state index in [2.05, 4.69) is 26.6 Å². The molecule has 1 aromatic rings. The highest BCUT2D eigenvalue weighted by molar-refractivity contribution is 9.10. The van der Waals surface area contributed by atoms with Crippen molar-refractivity contribution in [3.8, 4) is 0 Å². The third-order valence-electron chi connectivity index (χ3n) is 2.36. The molecule has 0 aliphatic carbocycles. The standard InChI is InChI=1S/C11H14BrN3O3/c1-13-11(16)4-5-14-7-8-6-9(12)2-3-10(8)15(17)18/h2-3,6,14H,4-5,7H2,1H3,(H,13,16).